The van der Waals surface area contributed by atoms with Gasteiger partial charge in [0.15, 0.2) is 0 Å². The molecule has 0 atom stereocenters. The van der Waals surface area contributed by atoms with Crippen LogP contribution in [0.15, 0.2) is 47.4 Å². The average Bonchev–Trinajstić information content (AvgIpc) is 2.47. The molecule has 0 saturated carbocycles. The number of anilines is 1. The zero-order valence-corrected chi connectivity index (χ0v) is 12.5. The quantitative estimate of drug-likeness (QED) is 0.527. The van der Waals surface area contributed by atoms with E-state index in [1.165, 1.54) is 12.7 Å². The number of benzene rings is 2. The van der Waals surface area contributed by atoms with Crippen LogP contribution < -0.4 is 5.73 Å². The van der Waals surface area contributed by atoms with Gasteiger partial charge in [-0.25, -0.2) is 4.79 Å². The molecule has 0 aromatic heterocycles. The van der Waals surface area contributed by atoms with Gasteiger partial charge in [0.1, 0.15) is 5.56 Å². The molecule has 0 unspecified atom stereocenters. The number of hydrogen-bond acceptors (Lipinski definition) is 4. The fourth-order valence-electron chi connectivity index (χ4n) is 1.74. The summed E-state index contributed by atoms with van der Waals surface area (Å²) >= 11 is 7.56. The SMILES string of the molecule is COC(=O)c1c(Cl)ccc(SCc2ccccc2)c1N. The molecule has 5 heteroatoms. The third-order valence-corrected chi connectivity index (χ3v) is 4.24. The van der Waals surface area contributed by atoms with Crippen molar-refractivity contribution in [3.8, 4) is 0 Å². The average molecular weight is 308 g/mol. The van der Waals surface area contributed by atoms with Crippen molar-refractivity contribution in [1.82, 2.24) is 0 Å². The van der Waals surface area contributed by atoms with Crippen LogP contribution in [0.25, 0.3) is 0 Å². The van der Waals surface area contributed by atoms with Gasteiger partial charge in [-0.1, -0.05) is 41.9 Å². The minimum Gasteiger partial charge on any atom is -0.465 e. The van der Waals surface area contributed by atoms with E-state index in [9.17, 15) is 4.79 Å². The summed E-state index contributed by atoms with van der Waals surface area (Å²) < 4.78 is 4.70. The molecule has 0 fully saturated rings. The van der Waals surface area contributed by atoms with Crippen molar-refractivity contribution in [3.63, 3.8) is 0 Å². The molecule has 0 saturated heterocycles. The van der Waals surface area contributed by atoms with Gasteiger partial charge >= 0.3 is 5.97 Å². The van der Waals surface area contributed by atoms with Gasteiger partial charge in [0.2, 0.25) is 0 Å². The van der Waals surface area contributed by atoms with E-state index in [1.54, 1.807) is 17.8 Å². The zero-order valence-electron chi connectivity index (χ0n) is 10.9. The first-order valence-electron chi connectivity index (χ1n) is 5.96. The molecule has 104 valence electrons. The van der Waals surface area contributed by atoms with E-state index in [0.29, 0.717) is 10.7 Å². The molecule has 0 heterocycles. The fraction of sp³-hybridized carbons (Fsp3) is 0.133. The number of nitrogens with two attached hydrogens (primary N) is 1. The number of rotatable bonds is 4. The highest BCUT2D eigenvalue weighted by atomic mass is 35.5. The Balaban J connectivity index is 2.23. The van der Waals surface area contributed by atoms with Crippen LogP contribution in [0.2, 0.25) is 5.02 Å². The summed E-state index contributed by atoms with van der Waals surface area (Å²) in [7, 11) is 1.31. The number of carbonyl (C=O) groups is 1. The maximum atomic E-state index is 11.7. The first-order valence-corrected chi connectivity index (χ1v) is 7.33. The summed E-state index contributed by atoms with van der Waals surface area (Å²) in [6, 6.07) is 13.5. The van der Waals surface area contributed by atoms with Crippen molar-refractivity contribution in [2.24, 2.45) is 0 Å². The molecule has 2 aromatic carbocycles. The van der Waals surface area contributed by atoms with Crippen molar-refractivity contribution >= 4 is 35.0 Å². The highest BCUT2D eigenvalue weighted by Gasteiger charge is 2.17. The van der Waals surface area contributed by atoms with Gasteiger partial charge in [0, 0.05) is 10.6 Å². The summed E-state index contributed by atoms with van der Waals surface area (Å²) in [4.78, 5) is 12.5. The predicted octanol–water partition coefficient (Wildman–Crippen LogP) is 4.00. The van der Waals surface area contributed by atoms with Crippen molar-refractivity contribution < 1.29 is 9.53 Å². The van der Waals surface area contributed by atoms with Crippen LogP contribution in [0.5, 0.6) is 0 Å². The highest BCUT2D eigenvalue weighted by molar-refractivity contribution is 7.98. The molecule has 0 spiro atoms. The summed E-state index contributed by atoms with van der Waals surface area (Å²) in [5.41, 5.74) is 7.80. The minimum atomic E-state index is -0.519. The Bertz CT molecular complexity index is 617. The summed E-state index contributed by atoms with van der Waals surface area (Å²) in [5, 5.41) is 0.304. The van der Waals surface area contributed by atoms with Crippen LogP contribution in [0.1, 0.15) is 15.9 Å². The Labute approximate surface area is 127 Å². The largest absolute Gasteiger partial charge is 0.465 e. The molecule has 2 N–H and O–H groups in total. The van der Waals surface area contributed by atoms with E-state index in [4.69, 9.17) is 22.1 Å². The van der Waals surface area contributed by atoms with Crippen LogP contribution >= 0.6 is 23.4 Å². The van der Waals surface area contributed by atoms with Crippen molar-refractivity contribution in [3.05, 3.63) is 58.6 Å². The molecule has 20 heavy (non-hydrogen) atoms. The minimum absolute atomic E-state index is 0.229. The van der Waals surface area contributed by atoms with E-state index < -0.39 is 5.97 Å². The van der Waals surface area contributed by atoms with Crippen molar-refractivity contribution in [2.45, 2.75) is 10.6 Å². The first-order chi connectivity index (χ1) is 9.63. The molecule has 0 radical (unpaired) electrons. The van der Waals surface area contributed by atoms with Crippen LogP contribution in [0.4, 0.5) is 5.69 Å². The van der Waals surface area contributed by atoms with Gasteiger partial charge in [0.25, 0.3) is 0 Å². The standard InChI is InChI=1S/C15H14ClNO2S/c1-19-15(18)13-11(16)7-8-12(14(13)17)20-9-10-5-3-2-4-6-10/h2-8H,9,17H2,1H3. The van der Waals surface area contributed by atoms with Crippen LogP contribution in [0, 0.1) is 0 Å². The number of esters is 1. The van der Waals surface area contributed by atoms with Gasteiger partial charge in [-0.05, 0) is 17.7 Å². The number of carbonyl (C=O) groups excluding carboxylic acids is 1. The molecule has 2 rings (SSSR count). The van der Waals surface area contributed by atoms with E-state index in [0.717, 1.165) is 10.6 Å². The monoisotopic (exact) mass is 307 g/mol. The lowest BCUT2D eigenvalue weighted by atomic mass is 10.2. The van der Waals surface area contributed by atoms with E-state index in [1.807, 2.05) is 36.4 Å². The third-order valence-electron chi connectivity index (χ3n) is 2.78. The molecule has 0 aliphatic rings. The summed E-state index contributed by atoms with van der Waals surface area (Å²) in [5.74, 6) is 0.252. The van der Waals surface area contributed by atoms with E-state index in [2.05, 4.69) is 0 Å². The Morgan fingerprint density at radius 3 is 2.60 bits per heavy atom. The molecule has 0 bridgehead atoms. The predicted molar refractivity (Wildman–Crippen MR) is 83.2 cm³/mol. The van der Waals surface area contributed by atoms with Gasteiger partial charge in [0.05, 0.1) is 17.8 Å². The van der Waals surface area contributed by atoms with Crippen LogP contribution in [0.3, 0.4) is 0 Å². The van der Waals surface area contributed by atoms with Crippen molar-refractivity contribution in [1.29, 1.82) is 0 Å². The Morgan fingerprint density at radius 1 is 1.25 bits per heavy atom. The van der Waals surface area contributed by atoms with E-state index >= 15 is 0 Å². The molecule has 0 aliphatic heterocycles. The lowest BCUT2D eigenvalue weighted by Gasteiger charge is -2.11. The maximum absolute atomic E-state index is 11.7. The maximum Gasteiger partial charge on any atom is 0.341 e. The second-order valence-corrected chi connectivity index (χ2v) is 5.52. The molecule has 3 nitrogen and oxygen atoms in total. The van der Waals surface area contributed by atoms with Gasteiger partial charge in [-0.15, -0.1) is 11.8 Å². The van der Waals surface area contributed by atoms with Gasteiger partial charge in [-0.3, -0.25) is 0 Å². The summed E-state index contributed by atoms with van der Waals surface area (Å²) in [6.45, 7) is 0. The number of halogens is 1. The Morgan fingerprint density at radius 2 is 1.95 bits per heavy atom. The number of nitrogen functional groups attached to an aromatic ring is 1. The van der Waals surface area contributed by atoms with Gasteiger partial charge in [-0.2, -0.15) is 0 Å². The first kappa shape index (κ1) is 14.8. The molecule has 0 aliphatic carbocycles. The van der Waals surface area contributed by atoms with Crippen molar-refractivity contribution in [2.75, 3.05) is 12.8 Å². The van der Waals surface area contributed by atoms with Crippen LogP contribution in [-0.2, 0) is 10.5 Å². The number of ether oxygens (including phenoxy) is 1. The number of thioether (sulfide) groups is 1. The zero-order chi connectivity index (χ0) is 14.5. The highest BCUT2D eigenvalue weighted by Crippen LogP contribution is 2.34. The molecule has 0 amide bonds. The topological polar surface area (TPSA) is 52.3 Å². The van der Waals surface area contributed by atoms with Gasteiger partial charge < -0.3 is 10.5 Å². The second-order valence-electron chi connectivity index (χ2n) is 4.10. The lowest BCUT2D eigenvalue weighted by Crippen LogP contribution is -2.07. The molecule has 2 aromatic rings. The normalized spacial score (nSPS) is 10.3. The van der Waals surface area contributed by atoms with E-state index in [-0.39, 0.29) is 5.56 Å². The molecular weight excluding hydrogens is 294 g/mol. The lowest BCUT2D eigenvalue weighted by molar-refractivity contribution is 0.0602. The number of methoxy groups -OCH3 is 1. The molecular formula is C15H14ClNO2S. The van der Waals surface area contributed by atoms with Crippen LogP contribution in [-0.4, -0.2) is 13.1 Å². The third kappa shape index (κ3) is 3.26. The fourth-order valence-corrected chi connectivity index (χ4v) is 2.92. The Kier molecular flexibility index (Phi) is 4.93. The Hall–Kier alpha value is -1.65. The second kappa shape index (κ2) is 6.68. The smallest absolute Gasteiger partial charge is 0.341 e. The number of hydrogen-bond donors (Lipinski definition) is 1. The summed E-state index contributed by atoms with van der Waals surface area (Å²) in [6.07, 6.45) is 0.